The highest BCUT2D eigenvalue weighted by Gasteiger charge is 2.20. The molecule has 21 heavy (non-hydrogen) atoms. The van der Waals surface area contributed by atoms with Crippen molar-refractivity contribution in [3.05, 3.63) is 47.9 Å². The molecule has 1 aromatic carbocycles. The van der Waals surface area contributed by atoms with E-state index in [2.05, 4.69) is 4.72 Å². The van der Waals surface area contributed by atoms with E-state index < -0.39 is 10.0 Å². The van der Waals surface area contributed by atoms with Crippen molar-refractivity contribution in [1.82, 2.24) is 4.72 Å². The molecule has 0 aliphatic carbocycles. The molecule has 0 aliphatic rings. The average molecular weight is 309 g/mol. The van der Waals surface area contributed by atoms with Crippen molar-refractivity contribution in [2.75, 3.05) is 7.11 Å². The largest absolute Gasteiger partial charge is 0.495 e. The Morgan fingerprint density at radius 1 is 1.29 bits per heavy atom. The molecule has 0 atom stereocenters. The zero-order valence-electron chi connectivity index (χ0n) is 12.3. The summed E-state index contributed by atoms with van der Waals surface area (Å²) in [4.78, 5) is 0.141. The smallest absolute Gasteiger partial charge is 0.244 e. The molecule has 0 saturated carbocycles. The SMILES string of the molecule is COc1ccc(C(C)C)cc1S(=O)(=O)NCc1ccco1. The monoisotopic (exact) mass is 309 g/mol. The second kappa shape index (κ2) is 6.32. The fraction of sp³-hybridized carbons (Fsp3) is 0.333. The highest BCUT2D eigenvalue weighted by atomic mass is 32.2. The van der Waals surface area contributed by atoms with Crippen LogP contribution in [-0.2, 0) is 16.6 Å². The standard InChI is InChI=1S/C15H19NO4S/c1-11(2)12-6-7-14(19-3)15(9-12)21(17,18)16-10-13-5-4-8-20-13/h4-9,11,16H,10H2,1-3H3. The molecular formula is C15H19NO4S. The number of nitrogens with one attached hydrogen (secondary N) is 1. The maximum atomic E-state index is 12.4. The number of hydrogen-bond acceptors (Lipinski definition) is 4. The first kappa shape index (κ1) is 15.6. The van der Waals surface area contributed by atoms with Gasteiger partial charge in [-0.15, -0.1) is 0 Å². The fourth-order valence-corrected chi connectivity index (χ4v) is 3.11. The molecule has 0 fully saturated rings. The maximum Gasteiger partial charge on any atom is 0.244 e. The summed E-state index contributed by atoms with van der Waals surface area (Å²) in [6.45, 7) is 4.12. The third-order valence-corrected chi connectivity index (χ3v) is 4.58. The van der Waals surface area contributed by atoms with Crippen LogP contribution in [0.3, 0.4) is 0 Å². The van der Waals surface area contributed by atoms with Crippen LogP contribution in [0.2, 0.25) is 0 Å². The Morgan fingerprint density at radius 3 is 2.62 bits per heavy atom. The van der Waals surface area contributed by atoms with E-state index in [1.807, 2.05) is 19.9 Å². The van der Waals surface area contributed by atoms with Gasteiger partial charge in [-0.1, -0.05) is 19.9 Å². The Hall–Kier alpha value is -1.79. The van der Waals surface area contributed by atoms with E-state index in [1.165, 1.54) is 13.4 Å². The molecule has 0 amide bonds. The van der Waals surface area contributed by atoms with E-state index in [4.69, 9.17) is 9.15 Å². The molecule has 0 saturated heterocycles. The summed E-state index contributed by atoms with van der Waals surface area (Å²) in [5.74, 6) is 1.11. The second-order valence-electron chi connectivity index (χ2n) is 4.97. The van der Waals surface area contributed by atoms with E-state index >= 15 is 0 Å². The van der Waals surface area contributed by atoms with E-state index in [0.29, 0.717) is 11.5 Å². The number of methoxy groups -OCH3 is 1. The van der Waals surface area contributed by atoms with Crippen LogP contribution >= 0.6 is 0 Å². The van der Waals surface area contributed by atoms with Gasteiger partial charge >= 0.3 is 0 Å². The van der Waals surface area contributed by atoms with Crippen LogP contribution in [0.5, 0.6) is 5.75 Å². The minimum atomic E-state index is -3.67. The third-order valence-electron chi connectivity index (χ3n) is 3.16. The van der Waals surface area contributed by atoms with Gasteiger partial charge in [0.15, 0.2) is 0 Å². The summed E-state index contributed by atoms with van der Waals surface area (Å²) < 4.78 is 37.7. The van der Waals surface area contributed by atoms with Gasteiger partial charge in [-0.05, 0) is 35.7 Å². The quantitative estimate of drug-likeness (QED) is 0.891. The van der Waals surface area contributed by atoms with Crippen molar-refractivity contribution in [3.8, 4) is 5.75 Å². The van der Waals surface area contributed by atoms with Crippen molar-refractivity contribution < 1.29 is 17.6 Å². The third kappa shape index (κ3) is 3.65. The van der Waals surface area contributed by atoms with Crippen LogP contribution in [0, 0.1) is 0 Å². The van der Waals surface area contributed by atoms with Gasteiger partial charge in [0.05, 0.1) is 19.9 Å². The molecule has 114 valence electrons. The highest BCUT2D eigenvalue weighted by Crippen LogP contribution is 2.28. The van der Waals surface area contributed by atoms with E-state index in [1.54, 1.807) is 24.3 Å². The summed E-state index contributed by atoms with van der Waals surface area (Å²) in [6, 6.07) is 8.62. The van der Waals surface area contributed by atoms with Crippen LogP contribution in [-0.4, -0.2) is 15.5 Å². The summed E-state index contributed by atoms with van der Waals surface area (Å²) in [5.41, 5.74) is 0.939. The molecule has 1 aromatic heterocycles. The lowest BCUT2D eigenvalue weighted by Gasteiger charge is -2.13. The van der Waals surface area contributed by atoms with Crippen LogP contribution in [0.4, 0.5) is 0 Å². The zero-order chi connectivity index (χ0) is 15.5. The van der Waals surface area contributed by atoms with Gasteiger partial charge in [0.25, 0.3) is 0 Å². The molecule has 0 unspecified atom stereocenters. The molecule has 1 N–H and O–H groups in total. The number of furan rings is 1. The normalized spacial score (nSPS) is 11.8. The predicted molar refractivity (Wildman–Crippen MR) is 79.8 cm³/mol. The van der Waals surface area contributed by atoms with Gasteiger partial charge < -0.3 is 9.15 Å². The minimum Gasteiger partial charge on any atom is -0.495 e. The lowest BCUT2D eigenvalue weighted by Crippen LogP contribution is -2.23. The Balaban J connectivity index is 2.31. The Kier molecular flexibility index (Phi) is 4.69. The molecule has 2 rings (SSSR count). The van der Waals surface area contributed by atoms with E-state index in [0.717, 1.165) is 5.56 Å². The van der Waals surface area contributed by atoms with Crippen LogP contribution in [0.25, 0.3) is 0 Å². The van der Waals surface area contributed by atoms with Crippen molar-refractivity contribution in [2.24, 2.45) is 0 Å². The minimum absolute atomic E-state index is 0.102. The molecule has 6 heteroatoms. The second-order valence-corrected chi connectivity index (χ2v) is 6.70. The lowest BCUT2D eigenvalue weighted by molar-refractivity contribution is 0.401. The number of sulfonamides is 1. The Labute approximate surface area is 125 Å². The van der Waals surface area contributed by atoms with Gasteiger partial charge in [0.1, 0.15) is 16.4 Å². The summed E-state index contributed by atoms with van der Waals surface area (Å²) in [7, 11) is -2.22. The van der Waals surface area contributed by atoms with Crippen molar-refractivity contribution in [1.29, 1.82) is 0 Å². The van der Waals surface area contributed by atoms with E-state index in [9.17, 15) is 8.42 Å². The average Bonchev–Trinajstić information content (AvgIpc) is 2.98. The van der Waals surface area contributed by atoms with Crippen molar-refractivity contribution in [2.45, 2.75) is 31.2 Å². The Bertz CT molecular complexity index is 690. The lowest BCUT2D eigenvalue weighted by atomic mass is 10.0. The van der Waals surface area contributed by atoms with Crippen LogP contribution in [0.1, 0.15) is 31.1 Å². The van der Waals surface area contributed by atoms with Crippen molar-refractivity contribution >= 4 is 10.0 Å². The maximum absolute atomic E-state index is 12.4. The first-order chi connectivity index (χ1) is 9.94. The van der Waals surface area contributed by atoms with Gasteiger partial charge in [-0.25, -0.2) is 13.1 Å². The number of rotatable bonds is 6. The van der Waals surface area contributed by atoms with Gasteiger partial charge in [-0.2, -0.15) is 0 Å². The number of ether oxygens (including phenoxy) is 1. The number of benzene rings is 1. The summed E-state index contributed by atoms with van der Waals surface area (Å²) >= 11 is 0. The molecule has 0 spiro atoms. The predicted octanol–water partition coefficient (Wildman–Crippen LogP) is 2.89. The summed E-state index contributed by atoms with van der Waals surface area (Å²) in [6.07, 6.45) is 1.50. The number of hydrogen-bond donors (Lipinski definition) is 1. The van der Waals surface area contributed by atoms with Crippen LogP contribution < -0.4 is 9.46 Å². The van der Waals surface area contributed by atoms with Crippen molar-refractivity contribution in [3.63, 3.8) is 0 Å². The zero-order valence-corrected chi connectivity index (χ0v) is 13.1. The molecular weight excluding hydrogens is 290 g/mol. The highest BCUT2D eigenvalue weighted by molar-refractivity contribution is 7.89. The van der Waals surface area contributed by atoms with E-state index in [-0.39, 0.29) is 17.4 Å². The molecule has 5 nitrogen and oxygen atoms in total. The topological polar surface area (TPSA) is 68.5 Å². The fourth-order valence-electron chi connectivity index (χ4n) is 1.92. The van der Waals surface area contributed by atoms with Crippen LogP contribution in [0.15, 0.2) is 45.9 Å². The van der Waals surface area contributed by atoms with Gasteiger partial charge in [0, 0.05) is 0 Å². The molecule has 0 bridgehead atoms. The molecule has 0 radical (unpaired) electrons. The Morgan fingerprint density at radius 2 is 2.05 bits per heavy atom. The molecule has 2 aromatic rings. The van der Waals surface area contributed by atoms with Gasteiger partial charge in [-0.3, -0.25) is 0 Å². The molecule has 1 heterocycles. The summed E-state index contributed by atoms with van der Waals surface area (Å²) in [5, 5.41) is 0. The first-order valence-corrected chi connectivity index (χ1v) is 8.12. The first-order valence-electron chi connectivity index (χ1n) is 6.64. The molecule has 0 aliphatic heterocycles. The van der Waals surface area contributed by atoms with Gasteiger partial charge in [0.2, 0.25) is 10.0 Å².